The average molecular weight is 354 g/mol. The smallest absolute Gasteiger partial charge is 0 e. The largest absolute Gasteiger partial charge is 0.724 e. The average Bonchev–Trinajstić information content (AvgIpc) is 1.92. The molecule has 0 saturated carbocycles. The summed E-state index contributed by atoms with van der Waals surface area (Å²) in [7, 11) is 0. The van der Waals surface area contributed by atoms with Crippen LogP contribution in [0, 0.1) is 0 Å². The molecule has 0 aliphatic heterocycles. The predicted octanol–water partition coefficient (Wildman–Crippen LogP) is -0.436. The molecule has 0 unspecified atom stereocenters. The van der Waals surface area contributed by atoms with Gasteiger partial charge in [0.1, 0.15) is 0 Å². The summed E-state index contributed by atoms with van der Waals surface area (Å²) in [6, 6.07) is 0. The zero-order valence-corrected chi connectivity index (χ0v) is 8.52. The summed E-state index contributed by atoms with van der Waals surface area (Å²) < 4.78 is 0. The number of nitrogens with zero attached hydrogens (tertiary/aromatic N) is 4. The van der Waals surface area contributed by atoms with E-state index in [-0.39, 0.29) is 20.4 Å². The van der Waals surface area contributed by atoms with E-state index in [0.29, 0.717) is 24.3 Å². The maximum Gasteiger partial charge on any atom is 0 e. The van der Waals surface area contributed by atoms with Crippen LogP contribution in [-0.2, 0) is 39.6 Å². The summed E-state index contributed by atoms with van der Waals surface area (Å²) in [4.78, 5) is 32.9. The molecule has 71 valence electrons. The normalized spacial score (nSPS) is 2.46. The van der Waals surface area contributed by atoms with Crippen LogP contribution in [0.25, 0.3) is 21.6 Å². The second-order valence-electron chi connectivity index (χ2n) is 0.365. The maximum absolute atomic E-state index is 8.24. The first kappa shape index (κ1) is 30.3. The van der Waals surface area contributed by atoms with Crippen LogP contribution >= 0.6 is 0 Å². The molecule has 8 nitrogen and oxygen atoms in total. The van der Waals surface area contributed by atoms with Crippen molar-refractivity contribution < 1.29 is 39.6 Å². The first-order valence-electron chi connectivity index (χ1n) is 1.71. The number of hydrogen-bond donors (Lipinski definition) is 0. The van der Waals surface area contributed by atoms with Gasteiger partial charge in [-0.2, -0.15) is 0 Å². The Balaban J connectivity index is -0.0000000213. The van der Waals surface area contributed by atoms with Gasteiger partial charge in [-0.3, -0.25) is 19.2 Å². The summed E-state index contributed by atoms with van der Waals surface area (Å²) in [6.45, 7) is 0. The van der Waals surface area contributed by atoms with Crippen molar-refractivity contribution in [1.29, 1.82) is 0 Å². The Kier molecular flexibility index (Phi) is 421. The molecule has 0 N–H and O–H groups in total. The Labute approximate surface area is 86.0 Å². The topological polar surface area (TPSA) is 157 Å². The van der Waals surface area contributed by atoms with Gasteiger partial charge in [0.05, 0.1) is 0 Å². The first-order valence-corrected chi connectivity index (χ1v) is 1.71. The minimum atomic E-state index is 0. The monoisotopic (exact) mass is 355 g/mol. The van der Waals surface area contributed by atoms with Crippen molar-refractivity contribution in [1.82, 2.24) is 0 Å². The SMILES string of the molecule is [N-]=C=O.[N-]=C=O.[N-]=C=O.[N-]=C=O.[Re]. The number of carbonyl (C=O) groups excluding carboxylic acids is 4. The van der Waals surface area contributed by atoms with Crippen LogP contribution in [-0.4, -0.2) is 24.3 Å². The van der Waals surface area contributed by atoms with Crippen LogP contribution in [0.5, 0.6) is 0 Å². The van der Waals surface area contributed by atoms with Gasteiger partial charge >= 0.3 is 0 Å². The van der Waals surface area contributed by atoms with E-state index in [9.17, 15) is 0 Å². The van der Waals surface area contributed by atoms with E-state index in [1.54, 1.807) is 0 Å². The molecule has 9 heteroatoms. The Morgan fingerprint density at radius 1 is 0.538 bits per heavy atom. The van der Waals surface area contributed by atoms with Crippen LogP contribution in [0.1, 0.15) is 0 Å². The summed E-state index contributed by atoms with van der Waals surface area (Å²) in [5.41, 5.74) is 0. The van der Waals surface area contributed by atoms with Crippen molar-refractivity contribution in [2.45, 2.75) is 0 Å². The molecule has 0 rings (SSSR count). The van der Waals surface area contributed by atoms with Gasteiger partial charge in [-0.05, 0) is 24.3 Å². The fourth-order valence-corrected chi connectivity index (χ4v) is 0. The van der Waals surface area contributed by atoms with Gasteiger partial charge in [0.2, 0.25) is 0 Å². The van der Waals surface area contributed by atoms with E-state index in [1.165, 1.54) is 0 Å². The van der Waals surface area contributed by atoms with Gasteiger partial charge in [0.25, 0.3) is 0 Å². The van der Waals surface area contributed by atoms with E-state index in [1.807, 2.05) is 0 Å². The van der Waals surface area contributed by atoms with Crippen LogP contribution in [0.4, 0.5) is 0 Å². The Morgan fingerprint density at radius 2 is 0.538 bits per heavy atom. The van der Waals surface area contributed by atoms with Crippen molar-refractivity contribution in [3.05, 3.63) is 21.6 Å². The molecule has 1 radical (unpaired) electrons. The van der Waals surface area contributed by atoms with Crippen LogP contribution in [0.3, 0.4) is 0 Å². The molecular formula is C4N4O4Re-4. The Bertz CT molecular complexity index is 156. The molecule has 0 spiro atoms. The number of hydrogen-bond acceptors (Lipinski definition) is 4. The molecule has 13 heavy (non-hydrogen) atoms. The molecular weight excluding hydrogens is 354 g/mol. The van der Waals surface area contributed by atoms with Gasteiger partial charge in [-0.25, -0.2) is 0 Å². The van der Waals surface area contributed by atoms with Gasteiger partial charge in [0, 0.05) is 20.4 Å². The summed E-state index contributed by atoms with van der Waals surface area (Å²) in [5.74, 6) is 0. The number of rotatable bonds is 0. The van der Waals surface area contributed by atoms with Gasteiger partial charge < -0.3 is 21.6 Å². The van der Waals surface area contributed by atoms with E-state index in [2.05, 4.69) is 0 Å². The van der Waals surface area contributed by atoms with Crippen molar-refractivity contribution in [2.75, 3.05) is 0 Å². The molecule has 0 aromatic carbocycles. The summed E-state index contributed by atoms with van der Waals surface area (Å²) in [5, 5.41) is 27.1. The zero-order valence-electron chi connectivity index (χ0n) is 5.80. The molecule has 0 aromatic rings. The second-order valence-corrected chi connectivity index (χ2v) is 0.365. The third-order valence-corrected chi connectivity index (χ3v) is 0. The minimum absolute atomic E-state index is 0. The fraction of sp³-hybridized carbons (Fsp3) is 0. The van der Waals surface area contributed by atoms with E-state index < -0.39 is 0 Å². The standard InChI is InChI=1S/4CNO.Re/c4*2-1-3;/q4*-1;. The van der Waals surface area contributed by atoms with Gasteiger partial charge in [-0.1, -0.05) is 0 Å². The molecule has 0 aliphatic rings. The molecule has 0 heterocycles. The van der Waals surface area contributed by atoms with Gasteiger partial charge in [0.15, 0.2) is 0 Å². The molecule has 0 atom stereocenters. The van der Waals surface area contributed by atoms with Crippen molar-refractivity contribution in [3.8, 4) is 0 Å². The van der Waals surface area contributed by atoms with Crippen molar-refractivity contribution >= 4 is 24.3 Å². The Morgan fingerprint density at radius 3 is 0.538 bits per heavy atom. The van der Waals surface area contributed by atoms with Crippen LogP contribution in [0.2, 0.25) is 0 Å². The van der Waals surface area contributed by atoms with Crippen LogP contribution < -0.4 is 0 Å². The predicted molar refractivity (Wildman–Crippen MR) is 36.2 cm³/mol. The molecule has 0 saturated heterocycles. The van der Waals surface area contributed by atoms with E-state index >= 15 is 0 Å². The second kappa shape index (κ2) is 180. The van der Waals surface area contributed by atoms with Crippen molar-refractivity contribution in [3.63, 3.8) is 0 Å². The summed E-state index contributed by atoms with van der Waals surface area (Å²) in [6.07, 6.45) is 2.00. The molecule has 0 aromatic heterocycles. The molecule has 0 aliphatic carbocycles. The zero-order chi connectivity index (χ0) is 10.8. The molecule has 0 fully saturated rings. The van der Waals surface area contributed by atoms with Crippen molar-refractivity contribution in [2.24, 2.45) is 0 Å². The van der Waals surface area contributed by atoms with E-state index in [0.717, 1.165) is 0 Å². The summed E-state index contributed by atoms with van der Waals surface area (Å²) >= 11 is 0. The Hall–Kier alpha value is -1.82. The maximum atomic E-state index is 8.24. The van der Waals surface area contributed by atoms with Gasteiger partial charge in [-0.15, -0.1) is 0 Å². The molecule has 0 amide bonds. The first-order chi connectivity index (χ1) is 5.66. The van der Waals surface area contributed by atoms with Crippen LogP contribution in [0.15, 0.2) is 0 Å². The fourth-order valence-electron chi connectivity index (χ4n) is 0. The quantitative estimate of drug-likeness (QED) is 0.427. The third kappa shape index (κ3) is 206. The third-order valence-electron chi connectivity index (χ3n) is 0. The van der Waals surface area contributed by atoms with E-state index in [4.69, 9.17) is 40.8 Å². The number of isocyanates is 4. The molecule has 0 bridgehead atoms. The minimum Gasteiger partial charge on any atom is -0.724 e.